The van der Waals surface area contributed by atoms with Crippen molar-refractivity contribution in [3.8, 4) is 11.4 Å². The van der Waals surface area contributed by atoms with Crippen LogP contribution in [0.4, 0.5) is 4.39 Å². The summed E-state index contributed by atoms with van der Waals surface area (Å²) in [5, 5.41) is 1.13. The minimum atomic E-state index is -0.264. The van der Waals surface area contributed by atoms with Crippen LogP contribution in [-0.4, -0.2) is 19.9 Å². The number of aryl methyl sites for hydroxylation is 2. The Labute approximate surface area is 174 Å². The van der Waals surface area contributed by atoms with Gasteiger partial charge in [-0.1, -0.05) is 18.2 Å². The number of ketones is 1. The minimum absolute atomic E-state index is 0.0747. The van der Waals surface area contributed by atoms with Gasteiger partial charge in [0.1, 0.15) is 11.6 Å². The van der Waals surface area contributed by atoms with E-state index in [4.69, 9.17) is 0 Å². The summed E-state index contributed by atoms with van der Waals surface area (Å²) in [6, 6.07) is 12.8. The number of imidazole rings is 1. The van der Waals surface area contributed by atoms with Crippen molar-refractivity contribution in [1.29, 1.82) is 0 Å². The molecule has 2 aromatic carbocycles. The maximum atomic E-state index is 13.6. The molecule has 3 heterocycles. The monoisotopic (exact) mass is 399 g/mol. The van der Waals surface area contributed by atoms with Gasteiger partial charge in [0.25, 0.3) is 0 Å². The molecule has 5 heteroatoms. The van der Waals surface area contributed by atoms with Crippen LogP contribution in [0.3, 0.4) is 0 Å². The average molecular weight is 399 g/mol. The van der Waals surface area contributed by atoms with E-state index in [1.165, 1.54) is 28.9 Å². The number of fused-ring (bicyclic) bond motifs is 3. The third kappa shape index (κ3) is 2.58. The molecule has 0 spiro atoms. The Morgan fingerprint density at radius 2 is 1.97 bits per heavy atom. The van der Waals surface area contributed by atoms with E-state index in [0.29, 0.717) is 6.54 Å². The van der Waals surface area contributed by atoms with E-state index in [1.54, 1.807) is 18.3 Å². The summed E-state index contributed by atoms with van der Waals surface area (Å²) in [7, 11) is 0. The number of carbonyl (C=O) groups is 1. The van der Waals surface area contributed by atoms with Gasteiger partial charge in [0, 0.05) is 53.6 Å². The first-order valence-electron chi connectivity index (χ1n) is 10.6. The van der Waals surface area contributed by atoms with Crippen LogP contribution in [0, 0.1) is 11.7 Å². The van der Waals surface area contributed by atoms with Crippen LogP contribution in [0.25, 0.3) is 22.3 Å². The molecule has 0 N–H and O–H groups in total. The first-order chi connectivity index (χ1) is 14.7. The number of aromatic nitrogens is 3. The average Bonchev–Trinajstić information content (AvgIpc) is 3.36. The van der Waals surface area contributed by atoms with Gasteiger partial charge < -0.3 is 9.13 Å². The lowest BCUT2D eigenvalue weighted by Gasteiger charge is -2.24. The third-order valence-electron chi connectivity index (χ3n) is 6.68. The minimum Gasteiger partial charge on any atom is -0.344 e. The van der Waals surface area contributed by atoms with Crippen molar-refractivity contribution in [2.75, 3.05) is 0 Å². The highest BCUT2D eigenvalue weighted by molar-refractivity contribution is 6.12. The highest BCUT2D eigenvalue weighted by atomic mass is 19.1. The van der Waals surface area contributed by atoms with Crippen molar-refractivity contribution in [3.63, 3.8) is 0 Å². The molecule has 4 nitrogen and oxygen atoms in total. The van der Waals surface area contributed by atoms with E-state index in [0.717, 1.165) is 54.6 Å². The summed E-state index contributed by atoms with van der Waals surface area (Å²) in [6.45, 7) is 1.61. The Morgan fingerprint density at radius 1 is 1.10 bits per heavy atom. The van der Waals surface area contributed by atoms with Crippen molar-refractivity contribution < 1.29 is 9.18 Å². The van der Waals surface area contributed by atoms with Crippen LogP contribution in [0.15, 0.2) is 54.9 Å². The summed E-state index contributed by atoms with van der Waals surface area (Å²) in [6.07, 6.45) is 7.67. The van der Waals surface area contributed by atoms with Crippen LogP contribution in [0.1, 0.15) is 34.5 Å². The second-order valence-electron chi connectivity index (χ2n) is 8.40. The Balaban J connectivity index is 1.37. The number of benzene rings is 2. The van der Waals surface area contributed by atoms with Gasteiger partial charge in [-0.2, -0.15) is 0 Å². The molecule has 0 bridgehead atoms. The molecule has 0 saturated carbocycles. The predicted molar refractivity (Wildman–Crippen MR) is 114 cm³/mol. The maximum absolute atomic E-state index is 13.6. The van der Waals surface area contributed by atoms with Gasteiger partial charge in [-0.15, -0.1) is 0 Å². The van der Waals surface area contributed by atoms with Gasteiger partial charge >= 0.3 is 0 Å². The zero-order valence-corrected chi connectivity index (χ0v) is 16.6. The molecular formula is C25H22FN3O. The molecule has 0 fully saturated rings. The summed E-state index contributed by atoms with van der Waals surface area (Å²) < 4.78 is 17.7. The van der Waals surface area contributed by atoms with Crippen molar-refractivity contribution in [1.82, 2.24) is 14.1 Å². The lowest BCUT2D eigenvalue weighted by Crippen LogP contribution is -2.27. The predicted octanol–water partition coefficient (Wildman–Crippen LogP) is 5.04. The number of halogens is 1. The fourth-order valence-electron chi connectivity index (χ4n) is 5.32. The number of hydrogen-bond acceptors (Lipinski definition) is 2. The molecule has 1 atom stereocenters. The first kappa shape index (κ1) is 17.6. The quantitative estimate of drug-likeness (QED) is 0.484. The Morgan fingerprint density at radius 3 is 2.83 bits per heavy atom. The first-order valence-corrected chi connectivity index (χ1v) is 10.6. The van der Waals surface area contributed by atoms with E-state index >= 15 is 0 Å². The lowest BCUT2D eigenvalue weighted by molar-refractivity contribution is 0.0888. The summed E-state index contributed by atoms with van der Waals surface area (Å²) in [5.74, 6) is 0.684. The fraction of sp³-hybridized carbons (Fsp3) is 0.280. The molecular weight excluding hydrogens is 377 g/mol. The molecule has 150 valence electrons. The standard InChI is InChI=1S/C25H22FN3O/c26-19-9-6-17(7-10-19)25-27-12-14-28(25)15-18-8-11-21-22(24(18)30)20-5-1-3-16-4-2-13-29(21)23(16)20/h1,3,5-7,9-10,12,14,18H,2,4,8,11,13,15H2. The smallest absolute Gasteiger partial charge is 0.170 e. The van der Waals surface area contributed by atoms with Crippen LogP contribution < -0.4 is 0 Å². The number of carbonyl (C=O) groups excluding carboxylic acids is 1. The van der Waals surface area contributed by atoms with E-state index in [-0.39, 0.29) is 17.5 Å². The van der Waals surface area contributed by atoms with E-state index in [2.05, 4.69) is 27.8 Å². The second-order valence-corrected chi connectivity index (χ2v) is 8.40. The van der Waals surface area contributed by atoms with Crippen LogP contribution >= 0.6 is 0 Å². The van der Waals surface area contributed by atoms with Gasteiger partial charge in [0.15, 0.2) is 5.78 Å². The number of rotatable bonds is 3. The van der Waals surface area contributed by atoms with Crippen molar-refractivity contribution in [3.05, 3.63) is 77.5 Å². The van der Waals surface area contributed by atoms with Gasteiger partial charge in [0.2, 0.25) is 0 Å². The normalized spacial score (nSPS) is 18.0. The zero-order valence-electron chi connectivity index (χ0n) is 16.6. The Hall–Kier alpha value is -3.21. The molecule has 2 aliphatic rings. The molecule has 1 aliphatic heterocycles. The molecule has 30 heavy (non-hydrogen) atoms. The molecule has 1 aliphatic carbocycles. The number of hydrogen-bond donors (Lipinski definition) is 0. The largest absolute Gasteiger partial charge is 0.344 e. The molecule has 6 rings (SSSR count). The number of Topliss-reactive ketones (excluding diaryl/α,β-unsaturated/α-hetero) is 1. The molecule has 0 saturated heterocycles. The Bertz CT molecular complexity index is 1280. The maximum Gasteiger partial charge on any atom is 0.170 e. The van der Waals surface area contributed by atoms with Gasteiger partial charge in [-0.3, -0.25) is 4.79 Å². The highest BCUT2D eigenvalue weighted by Gasteiger charge is 2.34. The molecule has 0 amide bonds. The fourth-order valence-corrected chi connectivity index (χ4v) is 5.32. The zero-order chi connectivity index (χ0) is 20.2. The molecule has 0 radical (unpaired) electrons. The van der Waals surface area contributed by atoms with Gasteiger partial charge in [-0.25, -0.2) is 9.37 Å². The van der Waals surface area contributed by atoms with Crippen LogP contribution in [0.2, 0.25) is 0 Å². The summed E-state index contributed by atoms with van der Waals surface area (Å²) in [4.78, 5) is 18.1. The van der Waals surface area contributed by atoms with Gasteiger partial charge in [0.05, 0.1) is 5.52 Å². The topological polar surface area (TPSA) is 39.8 Å². The summed E-state index contributed by atoms with van der Waals surface area (Å²) in [5.41, 5.74) is 5.66. The Kier molecular flexibility index (Phi) is 3.91. The molecule has 1 unspecified atom stereocenters. The van der Waals surface area contributed by atoms with E-state index in [1.807, 2.05) is 10.8 Å². The van der Waals surface area contributed by atoms with Crippen LogP contribution in [0.5, 0.6) is 0 Å². The van der Waals surface area contributed by atoms with Crippen molar-refractivity contribution >= 4 is 16.7 Å². The van der Waals surface area contributed by atoms with Crippen LogP contribution in [-0.2, 0) is 25.9 Å². The SMILES string of the molecule is O=C1c2c(n3c4c(cccc24)CCC3)CCC1Cn1ccnc1-c1ccc(F)cc1. The molecule has 4 aromatic rings. The summed E-state index contributed by atoms with van der Waals surface area (Å²) >= 11 is 0. The third-order valence-corrected chi connectivity index (χ3v) is 6.68. The highest BCUT2D eigenvalue weighted by Crippen LogP contribution is 2.38. The number of para-hydroxylation sites is 1. The van der Waals surface area contributed by atoms with Gasteiger partial charge in [-0.05, 0) is 55.5 Å². The van der Waals surface area contributed by atoms with E-state index in [9.17, 15) is 9.18 Å². The lowest BCUT2D eigenvalue weighted by atomic mass is 9.84. The van der Waals surface area contributed by atoms with Crippen molar-refractivity contribution in [2.45, 2.75) is 38.8 Å². The number of nitrogens with zero attached hydrogens (tertiary/aromatic N) is 3. The van der Waals surface area contributed by atoms with Crippen molar-refractivity contribution in [2.24, 2.45) is 5.92 Å². The second kappa shape index (κ2) is 6.66. The van der Waals surface area contributed by atoms with E-state index < -0.39 is 0 Å². The molecule has 2 aromatic heterocycles.